The molecular formula is C18H25N5O2. The quantitative estimate of drug-likeness (QED) is 0.563. The van der Waals surface area contributed by atoms with E-state index < -0.39 is 0 Å². The number of rotatable bonds is 8. The molecule has 7 heteroatoms. The Morgan fingerprint density at radius 3 is 2.68 bits per heavy atom. The third-order valence-corrected chi connectivity index (χ3v) is 3.48. The molecule has 2 aromatic rings. The summed E-state index contributed by atoms with van der Waals surface area (Å²) in [6.07, 6.45) is 1.03. The van der Waals surface area contributed by atoms with Gasteiger partial charge in [-0.05, 0) is 52.2 Å². The van der Waals surface area contributed by atoms with Crippen LogP contribution in [0.2, 0.25) is 0 Å². The third-order valence-electron chi connectivity index (χ3n) is 3.48. The molecule has 1 aromatic heterocycles. The van der Waals surface area contributed by atoms with Crippen molar-refractivity contribution in [2.24, 2.45) is 0 Å². The van der Waals surface area contributed by atoms with Crippen LogP contribution in [0.1, 0.15) is 22.6 Å². The fourth-order valence-electron chi connectivity index (χ4n) is 2.32. The van der Waals surface area contributed by atoms with Gasteiger partial charge in [0.05, 0.1) is 12.7 Å². The molecule has 0 atom stereocenters. The summed E-state index contributed by atoms with van der Waals surface area (Å²) in [4.78, 5) is 22.6. The molecular weight excluding hydrogens is 318 g/mol. The van der Waals surface area contributed by atoms with Crippen molar-refractivity contribution in [3.63, 3.8) is 0 Å². The standard InChI is InChI=1S/C18H25N5O2/c1-13-20-16(19-9-6-10-23(2)3)12-17(21-13)22-15-8-5-7-14(11-15)18(24)25-4/h5,7-8,11-12H,6,9-10H2,1-4H3,(H2,19,20,21,22). The maximum Gasteiger partial charge on any atom is 0.337 e. The van der Waals surface area contributed by atoms with Crippen LogP contribution in [0.5, 0.6) is 0 Å². The second-order valence-corrected chi connectivity index (χ2v) is 5.97. The average Bonchev–Trinajstić information content (AvgIpc) is 2.57. The number of benzene rings is 1. The van der Waals surface area contributed by atoms with Crippen molar-refractivity contribution < 1.29 is 9.53 Å². The van der Waals surface area contributed by atoms with Crippen molar-refractivity contribution in [3.8, 4) is 0 Å². The number of nitrogens with one attached hydrogen (secondary N) is 2. The Balaban J connectivity index is 2.05. The first-order valence-corrected chi connectivity index (χ1v) is 8.17. The number of esters is 1. The van der Waals surface area contributed by atoms with Crippen molar-refractivity contribution in [2.45, 2.75) is 13.3 Å². The van der Waals surface area contributed by atoms with Crippen molar-refractivity contribution in [2.75, 3.05) is 44.9 Å². The van der Waals surface area contributed by atoms with E-state index in [0.29, 0.717) is 17.2 Å². The maximum atomic E-state index is 11.6. The molecule has 0 spiro atoms. The Kier molecular flexibility index (Phi) is 6.71. The second-order valence-electron chi connectivity index (χ2n) is 5.97. The number of hydrogen-bond donors (Lipinski definition) is 2. The maximum absolute atomic E-state index is 11.6. The van der Waals surface area contributed by atoms with Crippen molar-refractivity contribution in [1.29, 1.82) is 0 Å². The van der Waals surface area contributed by atoms with Crippen LogP contribution in [-0.2, 0) is 4.74 Å². The van der Waals surface area contributed by atoms with Gasteiger partial charge in [-0.2, -0.15) is 0 Å². The summed E-state index contributed by atoms with van der Waals surface area (Å²) in [5.41, 5.74) is 1.25. The molecule has 2 N–H and O–H groups in total. The number of aromatic nitrogens is 2. The number of carbonyl (C=O) groups is 1. The number of anilines is 3. The summed E-state index contributed by atoms with van der Waals surface area (Å²) in [6, 6.07) is 8.96. The molecule has 0 saturated heterocycles. The fraction of sp³-hybridized carbons (Fsp3) is 0.389. The van der Waals surface area contributed by atoms with E-state index in [4.69, 9.17) is 4.74 Å². The molecule has 134 valence electrons. The molecule has 0 bridgehead atoms. The van der Waals surface area contributed by atoms with Gasteiger partial charge in [-0.1, -0.05) is 6.07 Å². The Labute approximate surface area is 148 Å². The number of hydrogen-bond acceptors (Lipinski definition) is 7. The molecule has 0 amide bonds. The summed E-state index contributed by atoms with van der Waals surface area (Å²) in [5.74, 6) is 1.75. The van der Waals surface area contributed by atoms with Crippen molar-refractivity contribution >= 4 is 23.3 Å². The predicted molar refractivity (Wildman–Crippen MR) is 99.5 cm³/mol. The molecule has 0 fully saturated rings. The first-order valence-electron chi connectivity index (χ1n) is 8.17. The van der Waals surface area contributed by atoms with Crippen LogP contribution in [0, 0.1) is 6.92 Å². The van der Waals surface area contributed by atoms with E-state index in [0.717, 1.165) is 31.0 Å². The molecule has 2 rings (SSSR count). The lowest BCUT2D eigenvalue weighted by Gasteiger charge is -2.12. The molecule has 0 aliphatic rings. The van der Waals surface area contributed by atoms with E-state index in [1.807, 2.05) is 19.1 Å². The molecule has 25 heavy (non-hydrogen) atoms. The van der Waals surface area contributed by atoms with Gasteiger partial charge in [-0.25, -0.2) is 14.8 Å². The highest BCUT2D eigenvalue weighted by Gasteiger charge is 2.07. The van der Waals surface area contributed by atoms with Gasteiger partial charge in [0.1, 0.15) is 17.5 Å². The van der Waals surface area contributed by atoms with Crippen LogP contribution in [0.3, 0.4) is 0 Å². The molecule has 0 aliphatic heterocycles. The minimum absolute atomic E-state index is 0.370. The summed E-state index contributed by atoms with van der Waals surface area (Å²) in [7, 11) is 5.48. The highest BCUT2D eigenvalue weighted by atomic mass is 16.5. The largest absolute Gasteiger partial charge is 0.465 e. The van der Waals surface area contributed by atoms with Gasteiger partial charge in [0.15, 0.2) is 0 Å². The van der Waals surface area contributed by atoms with Crippen LogP contribution in [0.25, 0.3) is 0 Å². The van der Waals surface area contributed by atoms with Gasteiger partial charge in [0, 0.05) is 18.3 Å². The van der Waals surface area contributed by atoms with Gasteiger partial charge < -0.3 is 20.3 Å². The van der Waals surface area contributed by atoms with Crippen LogP contribution in [0.15, 0.2) is 30.3 Å². The van der Waals surface area contributed by atoms with E-state index in [9.17, 15) is 4.79 Å². The monoisotopic (exact) mass is 343 g/mol. The summed E-state index contributed by atoms with van der Waals surface area (Å²) < 4.78 is 4.75. The Bertz CT molecular complexity index is 718. The van der Waals surface area contributed by atoms with E-state index in [2.05, 4.69) is 39.6 Å². The fourth-order valence-corrected chi connectivity index (χ4v) is 2.32. The van der Waals surface area contributed by atoms with Gasteiger partial charge in [0.25, 0.3) is 0 Å². The number of ether oxygens (including phenoxy) is 1. The van der Waals surface area contributed by atoms with Crippen LogP contribution in [0.4, 0.5) is 17.3 Å². The van der Waals surface area contributed by atoms with Crippen molar-refractivity contribution in [1.82, 2.24) is 14.9 Å². The Morgan fingerprint density at radius 1 is 1.20 bits per heavy atom. The molecule has 1 aromatic carbocycles. The summed E-state index contributed by atoms with van der Waals surface area (Å²) in [5, 5.41) is 6.52. The predicted octanol–water partition coefficient (Wildman–Crippen LogP) is 2.68. The van der Waals surface area contributed by atoms with Crippen LogP contribution in [-0.4, -0.2) is 55.1 Å². The molecule has 7 nitrogen and oxygen atoms in total. The lowest BCUT2D eigenvalue weighted by Crippen LogP contribution is -2.16. The molecule has 0 radical (unpaired) electrons. The first kappa shape index (κ1) is 18.7. The number of carbonyl (C=O) groups excluding carboxylic acids is 1. The van der Waals surface area contributed by atoms with Crippen LogP contribution >= 0.6 is 0 Å². The number of aryl methyl sites for hydroxylation is 1. The summed E-state index contributed by atoms with van der Waals surface area (Å²) >= 11 is 0. The van der Waals surface area contributed by atoms with Crippen LogP contribution < -0.4 is 10.6 Å². The normalized spacial score (nSPS) is 10.6. The number of nitrogens with zero attached hydrogens (tertiary/aromatic N) is 3. The topological polar surface area (TPSA) is 79.4 Å². The zero-order valence-electron chi connectivity index (χ0n) is 15.2. The zero-order chi connectivity index (χ0) is 18.2. The second kappa shape index (κ2) is 8.98. The molecule has 0 saturated carbocycles. The smallest absolute Gasteiger partial charge is 0.337 e. The lowest BCUT2D eigenvalue weighted by molar-refractivity contribution is 0.0601. The molecule has 0 aliphatic carbocycles. The first-order chi connectivity index (χ1) is 12.0. The van der Waals surface area contributed by atoms with Gasteiger partial charge in [-0.3, -0.25) is 0 Å². The highest BCUT2D eigenvalue weighted by molar-refractivity contribution is 5.90. The Hall–Kier alpha value is -2.67. The number of methoxy groups -OCH3 is 1. The highest BCUT2D eigenvalue weighted by Crippen LogP contribution is 2.19. The van der Waals surface area contributed by atoms with Gasteiger partial charge in [0.2, 0.25) is 0 Å². The van der Waals surface area contributed by atoms with Crippen molar-refractivity contribution in [3.05, 3.63) is 41.7 Å². The zero-order valence-corrected chi connectivity index (χ0v) is 15.2. The minimum Gasteiger partial charge on any atom is -0.465 e. The van der Waals surface area contributed by atoms with Gasteiger partial charge in [-0.15, -0.1) is 0 Å². The van der Waals surface area contributed by atoms with E-state index in [1.54, 1.807) is 18.2 Å². The minimum atomic E-state index is -0.370. The van der Waals surface area contributed by atoms with E-state index in [1.165, 1.54) is 7.11 Å². The lowest BCUT2D eigenvalue weighted by atomic mass is 10.2. The molecule has 0 unspecified atom stereocenters. The van der Waals surface area contributed by atoms with E-state index in [-0.39, 0.29) is 5.97 Å². The summed E-state index contributed by atoms with van der Waals surface area (Å²) in [6.45, 7) is 3.70. The Morgan fingerprint density at radius 2 is 1.96 bits per heavy atom. The average molecular weight is 343 g/mol. The van der Waals surface area contributed by atoms with Gasteiger partial charge >= 0.3 is 5.97 Å². The SMILES string of the molecule is COC(=O)c1cccc(Nc2cc(NCCCN(C)C)nc(C)n2)c1. The van der Waals surface area contributed by atoms with E-state index >= 15 is 0 Å². The molecule has 1 heterocycles. The third kappa shape index (κ3) is 6.04.